The normalized spacial score (nSPS) is 21.4. The van der Waals surface area contributed by atoms with E-state index in [0.29, 0.717) is 11.8 Å². The van der Waals surface area contributed by atoms with Crippen LogP contribution in [0.1, 0.15) is 76.0 Å². The number of amides is 2. The minimum absolute atomic E-state index is 0.128. The first kappa shape index (κ1) is 16.2. The van der Waals surface area contributed by atoms with Crippen LogP contribution in [0.25, 0.3) is 0 Å². The van der Waals surface area contributed by atoms with E-state index >= 15 is 0 Å². The molecule has 1 aromatic rings. The van der Waals surface area contributed by atoms with Crippen LogP contribution in [0, 0.1) is 5.92 Å². The predicted molar refractivity (Wildman–Crippen MR) is 83.8 cm³/mol. The highest BCUT2D eigenvalue weighted by molar-refractivity contribution is 5.74. The summed E-state index contributed by atoms with van der Waals surface area (Å²) >= 11 is 0. The van der Waals surface area contributed by atoms with Crippen LogP contribution in [0.15, 0.2) is 4.52 Å². The molecule has 3 N–H and O–H groups in total. The smallest absolute Gasteiger partial charge is 0.315 e. The molecule has 1 atom stereocenters. The lowest BCUT2D eigenvalue weighted by Gasteiger charge is -2.24. The van der Waals surface area contributed by atoms with Crippen molar-refractivity contribution in [2.45, 2.75) is 69.9 Å². The van der Waals surface area contributed by atoms with Gasteiger partial charge in [-0.05, 0) is 31.6 Å². The molecule has 7 heteroatoms. The molecule has 1 unspecified atom stereocenters. The Morgan fingerprint density at radius 3 is 2.70 bits per heavy atom. The second-order valence-electron chi connectivity index (χ2n) is 7.25. The van der Waals surface area contributed by atoms with Crippen molar-refractivity contribution in [2.24, 2.45) is 5.92 Å². The summed E-state index contributed by atoms with van der Waals surface area (Å²) in [7, 11) is 0. The van der Waals surface area contributed by atoms with Crippen molar-refractivity contribution in [1.29, 1.82) is 0 Å². The molecule has 23 heavy (non-hydrogen) atoms. The van der Waals surface area contributed by atoms with Crippen molar-refractivity contribution >= 4 is 6.03 Å². The highest BCUT2D eigenvalue weighted by atomic mass is 16.5. The van der Waals surface area contributed by atoms with Crippen molar-refractivity contribution < 1.29 is 14.4 Å². The van der Waals surface area contributed by atoms with Crippen LogP contribution in [0.2, 0.25) is 0 Å². The first-order valence-corrected chi connectivity index (χ1v) is 8.57. The van der Waals surface area contributed by atoms with Crippen molar-refractivity contribution in [3.05, 3.63) is 11.7 Å². The lowest BCUT2D eigenvalue weighted by molar-refractivity contribution is 0.0499. The highest BCUT2D eigenvalue weighted by Crippen LogP contribution is 2.38. The number of rotatable bonds is 6. The van der Waals surface area contributed by atoms with Crippen LogP contribution in [-0.4, -0.2) is 33.4 Å². The molecule has 0 aliphatic heterocycles. The van der Waals surface area contributed by atoms with Crippen LogP contribution in [0.5, 0.6) is 0 Å². The van der Waals surface area contributed by atoms with E-state index < -0.39 is 5.60 Å². The number of hydrogen-bond donors (Lipinski definition) is 3. The van der Waals surface area contributed by atoms with Crippen LogP contribution >= 0.6 is 0 Å². The lowest BCUT2D eigenvalue weighted by Crippen LogP contribution is -2.46. The molecule has 0 spiro atoms. The number of carbonyl (C=O) groups is 1. The zero-order chi connectivity index (χ0) is 16.4. The van der Waals surface area contributed by atoms with E-state index in [1.54, 1.807) is 0 Å². The van der Waals surface area contributed by atoms with Gasteiger partial charge in [0.2, 0.25) is 5.89 Å². The zero-order valence-corrected chi connectivity index (χ0v) is 13.8. The molecule has 2 aliphatic carbocycles. The first-order valence-electron chi connectivity index (χ1n) is 8.57. The summed E-state index contributed by atoms with van der Waals surface area (Å²) in [6.45, 7) is 4.27. The molecule has 3 rings (SSSR count). The summed E-state index contributed by atoms with van der Waals surface area (Å²) in [5.41, 5.74) is -0.756. The molecule has 7 nitrogen and oxygen atoms in total. The highest BCUT2D eigenvalue weighted by Gasteiger charge is 2.33. The summed E-state index contributed by atoms with van der Waals surface area (Å²) in [6, 6.07) is -0.636. The van der Waals surface area contributed by atoms with E-state index in [0.717, 1.165) is 44.3 Å². The fourth-order valence-electron chi connectivity index (χ4n) is 3.04. The maximum absolute atomic E-state index is 12.2. The van der Waals surface area contributed by atoms with E-state index in [1.807, 2.05) is 13.8 Å². The van der Waals surface area contributed by atoms with Crippen LogP contribution in [0.3, 0.4) is 0 Å². The van der Waals surface area contributed by atoms with E-state index in [1.165, 1.54) is 0 Å². The summed E-state index contributed by atoms with van der Waals surface area (Å²) in [6.07, 6.45) is 5.74. The Morgan fingerprint density at radius 1 is 1.39 bits per heavy atom. The zero-order valence-electron chi connectivity index (χ0n) is 13.8. The van der Waals surface area contributed by atoms with E-state index in [2.05, 4.69) is 20.8 Å². The minimum Gasteiger partial charge on any atom is -0.388 e. The van der Waals surface area contributed by atoms with Gasteiger partial charge in [-0.25, -0.2) is 4.79 Å². The van der Waals surface area contributed by atoms with E-state index in [-0.39, 0.29) is 24.5 Å². The van der Waals surface area contributed by atoms with Crippen molar-refractivity contribution in [3.8, 4) is 0 Å². The molecule has 2 amide bonds. The van der Waals surface area contributed by atoms with Gasteiger partial charge in [0.1, 0.15) is 6.04 Å². The Kier molecular flexibility index (Phi) is 4.57. The molecule has 128 valence electrons. The third kappa shape index (κ3) is 4.02. The van der Waals surface area contributed by atoms with Gasteiger partial charge in [-0.3, -0.25) is 0 Å². The number of nitrogens with one attached hydrogen (secondary N) is 2. The van der Waals surface area contributed by atoms with Gasteiger partial charge in [-0.1, -0.05) is 31.8 Å². The third-order valence-electron chi connectivity index (χ3n) is 4.73. The van der Waals surface area contributed by atoms with Crippen LogP contribution in [0.4, 0.5) is 4.79 Å². The maximum atomic E-state index is 12.2. The van der Waals surface area contributed by atoms with Crippen LogP contribution in [-0.2, 0) is 0 Å². The predicted octanol–water partition coefficient (Wildman–Crippen LogP) is 2.25. The molecule has 2 saturated carbocycles. The van der Waals surface area contributed by atoms with Gasteiger partial charge in [0.05, 0.1) is 5.60 Å². The largest absolute Gasteiger partial charge is 0.388 e. The molecule has 0 aromatic carbocycles. The third-order valence-corrected chi connectivity index (χ3v) is 4.73. The standard InChI is InChI=1S/C16H26N4O3/c1-10(2)12(14-19-13(20-23-14)11-5-6-11)18-15(21)17-9-16(22)7-3-4-8-16/h10-12,22H,3-9H2,1-2H3,(H2,17,18,21). The van der Waals surface area contributed by atoms with Crippen LogP contribution < -0.4 is 10.6 Å². The molecule has 0 radical (unpaired) electrons. The maximum Gasteiger partial charge on any atom is 0.315 e. The minimum atomic E-state index is -0.756. The molecule has 1 aromatic heterocycles. The number of carbonyl (C=O) groups excluding carboxylic acids is 1. The van der Waals surface area contributed by atoms with Gasteiger partial charge in [-0.2, -0.15) is 4.98 Å². The average molecular weight is 322 g/mol. The number of hydrogen-bond acceptors (Lipinski definition) is 5. The second kappa shape index (κ2) is 6.47. The molecular weight excluding hydrogens is 296 g/mol. The van der Waals surface area contributed by atoms with Gasteiger partial charge in [-0.15, -0.1) is 0 Å². The SMILES string of the molecule is CC(C)C(NC(=O)NCC1(O)CCCC1)c1nc(C2CC2)no1. The second-order valence-corrected chi connectivity index (χ2v) is 7.25. The Morgan fingerprint density at radius 2 is 2.09 bits per heavy atom. The molecule has 0 saturated heterocycles. The summed E-state index contributed by atoms with van der Waals surface area (Å²) in [5, 5.41) is 20.0. The number of aromatic nitrogens is 2. The summed E-state index contributed by atoms with van der Waals surface area (Å²) in [5.74, 6) is 1.75. The molecule has 2 aliphatic rings. The average Bonchev–Trinajstić information content (AvgIpc) is 3.08. The monoisotopic (exact) mass is 322 g/mol. The fourth-order valence-corrected chi connectivity index (χ4v) is 3.04. The Hall–Kier alpha value is -1.63. The van der Waals surface area contributed by atoms with Crippen molar-refractivity contribution in [1.82, 2.24) is 20.8 Å². The van der Waals surface area contributed by atoms with Gasteiger partial charge in [0.15, 0.2) is 5.82 Å². The Labute approximate surface area is 136 Å². The first-order chi connectivity index (χ1) is 11.0. The van der Waals surface area contributed by atoms with Gasteiger partial charge in [0.25, 0.3) is 0 Å². The summed E-state index contributed by atoms with van der Waals surface area (Å²) < 4.78 is 5.34. The van der Waals surface area contributed by atoms with Gasteiger partial charge in [0, 0.05) is 12.5 Å². The van der Waals surface area contributed by atoms with Gasteiger partial charge >= 0.3 is 6.03 Å². The summed E-state index contributed by atoms with van der Waals surface area (Å²) in [4.78, 5) is 16.6. The molecule has 2 fully saturated rings. The quantitative estimate of drug-likeness (QED) is 0.746. The Bertz CT molecular complexity index is 547. The molecule has 1 heterocycles. The number of urea groups is 1. The molecular formula is C16H26N4O3. The van der Waals surface area contributed by atoms with Crippen molar-refractivity contribution in [2.75, 3.05) is 6.54 Å². The molecule has 0 bridgehead atoms. The number of nitrogens with zero attached hydrogens (tertiary/aromatic N) is 2. The fraction of sp³-hybridized carbons (Fsp3) is 0.812. The topological polar surface area (TPSA) is 100 Å². The van der Waals surface area contributed by atoms with Crippen molar-refractivity contribution in [3.63, 3.8) is 0 Å². The lowest BCUT2D eigenvalue weighted by atomic mass is 10.0. The van der Waals surface area contributed by atoms with E-state index in [9.17, 15) is 9.90 Å². The van der Waals surface area contributed by atoms with Gasteiger partial charge < -0.3 is 20.3 Å². The number of aliphatic hydroxyl groups is 1. The van der Waals surface area contributed by atoms with E-state index in [4.69, 9.17) is 4.52 Å². The Balaban J connectivity index is 1.56.